The highest BCUT2D eigenvalue weighted by Gasteiger charge is 2.17. The first-order valence-electron chi connectivity index (χ1n) is 9.37. The molecule has 0 aliphatic rings. The lowest BCUT2D eigenvalue weighted by Gasteiger charge is -2.16. The van der Waals surface area contributed by atoms with Crippen LogP contribution in [0.25, 0.3) is 22.4 Å². The highest BCUT2D eigenvalue weighted by molar-refractivity contribution is 5.96. The molecule has 3 aromatic rings. The third-order valence-corrected chi connectivity index (χ3v) is 4.74. The van der Waals surface area contributed by atoms with Gasteiger partial charge in [0.25, 0.3) is 5.91 Å². The van der Waals surface area contributed by atoms with Crippen molar-refractivity contribution in [3.8, 4) is 22.4 Å². The van der Waals surface area contributed by atoms with Crippen LogP contribution >= 0.6 is 0 Å². The number of hydrogen-bond acceptors (Lipinski definition) is 4. The van der Waals surface area contributed by atoms with Crippen LogP contribution in [0.5, 0.6) is 0 Å². The first-order chi connectivity index (χ1) is 13.5. The van der Waals surface area contributed by atoms with Gasteiger partial charge in [0.15, 0.2) is 0 Å². The molecule has 0 atom stereocenters. The lowest BCUT2D eigenvalue weighted by Crippen LogP contribution is -2.31. The third kappa shape index (κ3) is 4.21. The Morgan fingerprint density at radius 1 is 1.00 bits per heavy atom. The Labute approximate surface area is 166 Å². The summed E-state index contributed by atoms with van der Waals surface area (Å²) in [5, 5.41) is 5.92. The summed E-state index contributed by atoms with van der Waals surface area (Å²) in [6.07, 6.45) is 0. The van der Waals surface area contributed by atoms with Crippen molar-refractivity contribution >= 4 is 11.6 Å². The lowest BCUT2D eigenvalue weighted by atomic mass is 9.94. The van der Waals surface area contributed by atoms with Crippen molar-refractivity contribution in [1.29, 1.82) is 0 Å². The fraction of sp³-hybridized carbons (Fsp3) is 0.217. The molecule has 28 heavy (non-hydrogen) atoms. The van der Waals surface area contributed by atoms with E-state index < -0.39 is 0 Å². The zero-order chi connectivity index (χ0) is 20.1. The average molecular weight is 374 g/mol. The standard InChI is InChI=1S/C23H26N4O/c1-15-8-10-17(11-9-15)22-16(2)19(18-6-4-5-7-20(18)24)14-21(27-22)23(28)26-13-12-25-3/h4-11,14,25H,12-13,24H2,1-3H3,(H,26,28). The molecule has 0 saturated carbocycles. The molecule has 5 heteroatoms. The summed E-state index contributed by atoms with van der Waals surface area (Å²) in [4.78, 5) is 17.4. The number of nitrogens with zero attached hydrogens (tertiary/aromatic N) is 1. The maximum atomic E-state index is 12.7. The number of pyridine rings is 1. The van der Waals surface area contributed by atoms with Crippen LogP contribution in [0, 0.1) is 13.8 Å². The first-order valence-corrected chi connectivity index (χ1v) is 9.37. The number of aromatic nitrogens is 1. The molecule has 0 aliphatic heterocycles. The first kappa shape index (κ1) is 19.6. The van der Waals surface area contributed by atoms with Crippen LogP contribution in [0.2, 0.25) is 0 Å². The van der Waals surface area contributed by atoms with Crippen molar-refractivity contribution in [3.05, 3.63) is 71.4 Å². The van der Waals surface area contributed by atoms with Gasteiger partial charge < -0.3 is 16.4 Å². The summed E-state index contributed by atoms with van der Waals surface area (Å²) in [6, 6.07) is 17.7. The molecule has 2 aromatic carbocycles. The highest BCUT2D eigenvalue weighted by atomic mass is 16.1. The van der Waals surface area contributed by atoms with Gasteiger partial charge in [-0.1, -0.05) is 48.0 Å². The van der Waals surface area contributed by atoms with Gasteiger partial charge in [-0.15, -0.1) is 0 Å². The van der Waals surface area contributed by atoms with Gasteiger partial charge in [0.05, 0.1) is 5.69 Å². The van der Waals surface area contributed by atoms with Crippen molar-refractivity contribution in [1.82, 2.24) is 15.6 Å². The van der Waals surface area contributed by atoms with Crippen LogP contribution in [-0.4, -0.2) is 31.0 Å². The fourth-order valence-corrected chi connectivity index (χ4v) is 3.13. The van der Waals surface area contributed by atoms with E-state index in [2.05, 4.69) is 10.6 Å². The van der Waals surface area contributed by atoms with E-state index in [0.29, 0.717) is 24.5 Å². The van der Waals surface area contributed by atoms with Gasteiger partial charge in [0.1, 0.15) is 5.69 Å². The molecule has 5 nitrogen and oxygen atoms in total. The molecule has 4 N–H and O–H groups in total. The summed E-state index contributed by atoms with van der Waals surface area (Å²) in [5.41, 5.74) is 13.0. The third-order valence-electron chi connectivity index (χ3n) is 4.74. The second kappa shape index (κ2) is 8.67. The Hall–Kier alpha value is -3.18. The van der Waals surface area contributed by atoms with E-state index in [1.807, 2.05) is 75.5 Å². The van der Waals surface area contributed by atoms with E-state index in [-0.39, 0.29) is 5.91 Å². The van der Waals surface area contributed by atoms with E-state index in [1.54, 1.807) is 0 Å². The molecule has 144 valence electrons. The minimum atomic E-state index is -0.195. The zero-order valence-electron chi connectivity index (χ0n) is 16.5. The second-order valence-corrected chi connectivity index (χ2v) is 6.84. The Balaban J connectivity index is 2.14. The minimum absolute atomic E-state index is 0.195. The molecule has 0 saturated heterocycles. The van der Waals surface area contributed by atoms with Crippen LogP contribution < -0.4 is 16.4 Å². The number of nitrogen functional groups attached to an aromatic ring is 1. The van der Waals surface area contributed by atoms with Crippen LogP contribution in [0.1, 0.15) is 21.6 Å². The Morgan fingerprint density at radius 3 is 2.39 bits per heavy atom. The molecule has 0 fully saturated rings. The number of carbonyl (C=O) groups is 1. The molecular weight excluding hydrogens is 348 g/mol. The number of anilines is 1. The number of amides is 1. The molecule has 0 spiro atoms. The van der Waals surface area contributed by atoms with Gasteiger partial charge in [-0.05, 0) is 44.2 Å². The molecule has 1 aromatic heterocycles. The largest absolute Gasteiger partial charge is 0.398 e. The molecule has 1 heterocycles. The van der Waals surface area contributed by atoms with Gasteiger partial charge in [0, 0.05) is 29.9 Å². The van der Waals surface area contributed by atoms with Crippen molar-refractivity contribution in [2.24, 2.45) is 0 Å². The quantitative estimate of drug-likeness (QED) is 0.455. The summed E-state index contributed by atoms with van der Waals surface area (Å²) >= 11 is 0. The Bertz CT molecular complexity index is 980. The molecule has 1 amide bonds. The predicted octanol–water partition coefficient (Wildman–Crippen LogP) is 3.56. The molecule has 0 aliphatic carbocycles. The van der Waals surface area contributed by atoms with E-state index in [1.165, 1.54) is 5.56 Å². The number of nitrogens with one attached hydrogen (secondary N) is 2. The van der Waals surface area contributed by atoms with E-state index in [9.17, 15) is 4.79 Å². The number of likely N-dealkylation sites (N-methyl/N-ethyl adjacent to an activating group) is 1. The number of carbonyl (C=O) groups excluding carboxylic acids is 1. The second-order valence-electron chi connectivity index (χ2n) is 6.84. The van der Waals surface area contributed by atoms with Crippen LogP contribution in [-0.2, 0) is 0 Å². The van der Waals surface area contributed by atoms with Crippen LogP contribution in [0.15, 0.2) is 54.6 Å². The van der Waals surface area contributed by atoms with Crippen molar-refractivity contribution in [2.75, 3.05) is 25.9 Å². The molecule has 0 bridgehead atoms. The Morgan fingerprint density at radius 2 is 1.71 bits per heavy atom. The summed E-state index contributed by atoms with van der Waals surface area (Å²) in [6.45, 7) is 5.30. The van der Waals surface area contributed by atoms with Gasteiger partial charge in [-0.3, -0.25) is 4.79 Å². The number of hydrogen-bond donors (Lipinski definition) is 3. The van der Waals surface area contributed by atoms with E-state index >= 15 is 0 Å². The lowest BCUT2D eigenvalue weighted by molar-refractivity contribution is 0.0949. The normalized spacial score (nSPS) is 10.7. The number of rotatable bonds is 6. The van der Waals surface area contributed by atoms with Gasteiger partial charge in [-0.25, -0.2) is 4.98 Å². The number of nitrogens with two attached hydrogens (primary N) is 1. The van der Waals surface area contributed by atoms with Crippen molar-refractivity contribution in [3.63, 3.8) is 0 Å². The Kier molecular flexibility index (Phi) is 6.06. The number of aryl methyl sites for hydroxylation is 1. The summed E-state index contributed by atoms with van der Waals surface area (Å²) in [7, 11) is 1.85. The van der Waals surface area contributed by atoms with E-state index in [4.69, 9.17) is 10.7 Å². The van der Waals surface area contributed by atoms with Crippen LogP contribution in [0.4, 0.5) is 5.69 Å². The summed E-state index contributed by atoms with van der Waals surface area (Å²) < 4.78 is 0. The van der Waals surface area contributed by atoms with Crippen LogP contribution in [0.3, 0.4) is 0 Å². The van der Waals surface area contributed by atoms with Gasteiger partial charge >= 0.3 is 0 Å². The highest BCUT2D eigenvalue weighted by Crippen LogP contribution is 2.34. The van der Waals surface area contributed by atoms with Gasteiger partial charge in [0.2, 0.25) is 0 Å². The smallest absolute Gasteiger partial charge is 0.269 e. The zero-order valence-corrected chi connectivity index (χ0v) is 16.5. The molecule has 0 radical (unpaired) electrons. The maximum absolute atomic E-state index is 12.7. The molecular formula is C23H26N4O. The van der Waals surface area contributed by atoms with Crippen molar-refractivity contribution in [2.45, 2.75) is 13.8 Å². The van der Waals surface area contributed by atoms with E-state index in [0.717, 1.165) is 27.9 Å². The minimum Gasteiger partial charge on any atom is -0.398 e. The number of para-hydroxylation sites is 1. The summed E-state index contributed by atoms with van der Waals surface area (Å²) in [5.74, 6) is -0.195. The topological polar surface area (TPSA) is 80.0 Å². The fourth-order valence-electron chi connectivity index (χ4n) is 3.13. The average Bonchev–Trinajstić information content (AvgIpc) is 2.70. The number of benzene rings is 2. The maximum Gasteiger partial charge on any atom is 0.269 e. The SMILES string of the molecule is CNCCNC(=O)c1cc(-c2ccccc2N)c(C)c(-c2ccc(C)cc2)n1. The predicted molar refractivity (Wildman–Crippen MR) is 115 cm³/mol. The monoisotopic (exact) mass is 374 g/mol. The van der Waals surface area contributed by atoms with Gasteiger partial charge in [-0.2, -0.15) is 0 Å². The molecule has 0 unspecified atom stereocenters. The molecule has 3 rings (SSSR count). The van der Waals surface area contributed by atoms with Crippen molar-refractivity contribution < 1.29 is 4.79 Å².